The maximum Gasteiger partial charge on any atom is 0.338 e. The molecule has 6 nitrogen and oxygen atoms in total. The molecule has 1 N–H and O–H groups in total. The first-order valence-corrected chi connectivity index (χ1v) is 7.82. The molecular weight excluding hydrogens is 346 g/mol. The van der Waals surface area contributed by atoms with Crippen molar-refractivity contribution in [1.29, 1.82) is 0 Å². The number of nitrogens with one attached hydrogen (secondary N) is 1. The number of ether oxygens (including phenoxy) is 3. The minimum absolute atomic E-state index is 0.320. The van der Waals surface area contributed by atoms with Crippen LogP contribution in [0.1, 0.15) is 17.3 Å². The van der Waals surface area contributed by atoms with Gasteiger partial charge < -0.3 is 19.5 Å². The Bertz CT molecular complexity index is 761. The Morgan fingerprint density at radius 1 is 1.04 bits per heavy atom. The van der Waals surface area contributed by atoms with Gasteiger partial charge in [-0.1, -0.05) is 11.6 Å². The summed E-state index contributed by atoms with van der Waals surface area (Å²) >= 11 is 5.92. The molecule has 1 amide bonds. The van der Waals surface area contributed by atoms with Gasteiger partial charge in [0.05, 0.1) is 25.5 Å². The highest BCUT2D eigenvalue weighted by Crippen LogP contribution is 2.27. The van der Waals surface area contributed by atoms with Crippen LogP contribution in [0.4, 0.5) is 5.69 Å². The van der Waals surface area contributed by atoms with Gasteiger partial charge in [0.15, 0.2) is 6.10 Å². The molecule has 0 unspecified atom stereocenters. The Hall–Kier alpha value is -2.73. The van der Waals surface area contributed by atoms with Crippen molar-refractivity contribution in [2.75, 3.05) is 19.5 Å². The van der Waals surface area contributed by atoms with Gasteiger partial charge in [-0.2, -0.15) is 0 Å². The molecule has 0 aromatic heterocycles. The van der Waals surface area contributed by atoms with Crippen LogP contribution in [-0.4, -0.2) is 32.2 Å². The molecule has 0 spiro atoms. The van der Waals surface area contributed by atoms with Crippen LogP contribution in [0.25, 0.3) is 0 Å². The van der Waals surface area contributed by atoms with E-state index in [-0.39, 0.29) is 0 Å². The van der Waals surface area contributed by atoms with Crippen molar-refractivity contribution in [2.24, 2.45) is 0 Å². The van der Waals surface area contributed by atoms with Crippen LogP contribution in [0.2, 0.25) is 5.02 Å². The molecule has 2 aromatic carbocycles. The third-order valence-corrected chi connectivity index (χ3v) is 3.63. The second-order valence-electron chi connectivity index (χ2n) is 5.11. The quantitative estimate of drug-likeness (QED) is 0.794. The lowest BCUT2D eigenvalue weighted by atomic mass is 10.2. The molecule has 0 aliphatic carbocycles. The largest absolute Gasteiger partial charge is 0.497 e. The maximum atomic E-state index is 12.3. The molecule has 2 rings (SSSR count). The van der Waals surface area contributed by atoms with Crippen LogP contribution in [-0.2, 0) is 9.53 Å². The van der Waals surface area contributed by atoms with Crippen molar-refractivity contribution < 1.29 is 23.8 Å². The highest BCUT2D eigenvalue weighted by molar-refractivity contribution is 6.31. The SMILES string of the molecule is COc1ccc(C(=O)O[C@H](C)C(=O)Nc2cc(Cl)ccc2OC)cc1. The third kappa shape index (κ3) is 4.87. The number of methoxy groups -OCH3 is 2. The van der Waals surface area contributed by atoms with Crippen LogP contribution < -0.4 is 14.8 Å². The summed E-state index contributed by atoms with van der Waals surface area (Å²) in [6.07, 6.45) is -1.00. The first kappa shape index (κ1) is 18.6. The monoisotopic (exact) mass is 363 g/mol. The first-order valence-electron chi connectivity index (χ1n) is 7.44. The van der Waals surface area contributed by atoms with Crippen molar-refractivity contribution in [1.82, 2.24) is 0 Å². The Balaban J connectivity index is 2.02. The molecule has 0 saturated carbocycles. The van der Waals surface area contributed by atoms with E-state index in [1.54, 1.807) is 42.5 Å². The lowest BCUT2D eigenvalue weighted by molar-refractivity contribution is -0.123. The predicted octanol–water partition coefficient (Wildman–Crippen LogP) is 3.54. The minimum atomic E-state index is -1.00. The fraction of sp³-hybridized carbons (Fsp3) is 0.222. The van der Waals surface area contributed by atoms with Gasteiger partial charge in [-0.05, 0) is 49.4 Å². The van der Waals surface area contributed by atoms with Crippen LogP contribution >= 0.6 is 11.6 Å². The van der Waals surface area contributed by atoms with E-state index in [0.29, 0.717) is 27.8 Å². The smallest absolute Gasteiger partial charge is 0.338 e. The highest BCUT2D eigenvalue weighted by atomic mass is 35.5. The second kappa shape index (κ2) is 8.39. The zero-order valence-corrected chi connectivity index (χ0v) is 14.8. The first-order chi connectivity index (χ1) is 11.9. The van der Waals surface area contributed by atoms with Crippen molar-refractivity contribution >= 4 is 29.2 Å². The molecule has 0 saturated heterocycles. The zero-order chi connectivity index (χ0) is 18.4. The molecule has 0 aliphatic rings. The number of hydrogen-bond acceptors (Lipinski definition) is 5. The molecule has 2 aromatic rings. The summed E-state index contributed by atoms with van der Waals surface area (Å²) in [5, 5.41) is 3.08. The van der Waals surface area contributed by atoms with E-state index < -0.39 is 18.0 Å². The summed E-state index contributed by atoms with van der Waals surface area (Å²) in [5.41, 5.74) is 0.716. The van der Waals surface area contributed by atoms with Crippen LogP contribution in [0.3, 0.4) is 0 Å². The number of benzene rings is 2. The molecule has 132 valence electrons. The Labute approximate surface area is 150 Å². The van der Waals surface area contributed by atoms with E-state index in [1.165, 1.54) is 21.1 Å². The normalized spacial score (nSPS) is 11.4. The number of carbonyl (C=O) groups is 2. The van der Waals surface area contributed by atoms with Gasteiger partial charge in [0.2, 0.25) is 0 Å². The van der Waals surface area contributed by atoms with Gasteiger partial charge in [-0.15, -0.1) is 0 Å². The molecule has 1 atom stereocenters. The second-order valence-corrected chi connectivity index (χ2v) is 5.55. The summed E-state index contributed by atoms with van der Waals surface area (Å²) in [6.45, 7) is 1.48. The Morgan fingerprint density at radius 2 is 1.72 bits per heavy atom. The number of rotatable bonds is 6. The summed E-state index contributed by atoms with van der Waals surface area (Å²) in [7, 11) is 3.01. The summed E-state index contributed by atoms with van der Waals surface area (Å²) in [6, 6.07) is 11.2. The fourth-order valence-corrected chi connectivity index (χ4v) is 2.19. The van der Waals surface area contributed by atoms with Gasteiger partial charge >= 0.3 is 5.97 Å². The average Bonchev–Trinajstić information content (AvgIpc) is 2.61. The summed E-state index contributed by atoms with van der Waals surface area (Å²) < 4.78 is 15.4. The molecule has 0 radical (unpaired) electrons. The van der Waals surface area contributed by atoms with Gasteiger partial charge in [-0.3, -0.25) is 4.79 Å². The van der Waals surface area contributed by atoms with E-state index in [4.69, 9.17) is 25.8 Å². The summed E-state index contributed by atoms with van der Waals surface area (Å²) in [4.78, 5) is 24.4. The predicted molar refractivity (Wildman–Crippen MR) is 94.5 cm³/mol. The maximum absolute atomic E-state index is 12.3. The lowest BCUT2D eigenvalue weighted by Gasteiger charge is -2.15. The number of amides is 1. The topological polar surface area (TPSA) is 73.9 Å². The van der Waals surface area contributed by atoms with Crippen LogP contribution in [0, 0.1) is 0 Å². The lowest BCUT2D eigenvalue weighted by Crippen LogP contribution is -2.30. The number of hydrogen-bond donors (Lipinski definition) is 1. The van der Waals surface area contributed by atoms with Crippen molar-refractivity contribution in [2.45, 2.75) is 13.0 Å². The number of halogens is 1. The Kier molecular flexibility index (Phi) is 6.25. The van der Waals surface area contributed by atoms with Gasteiger partial charge in [0, 0.05) is 5.02 Å². The molecule has 25 heavy (non-hydrogen) atoms. The average molecular weight is 364 g/mol. The van der Waals surface area contributed by atoms with E-state index in [2.05, 4.69) is 5.32 Å². The number of esters is 1. The van der Waals surface area contributed by atoms with Crippen LogP contribution in [0.15, 0.2) is 42.5 Å². The van der Waals surface area contributed by atoms with Crippen molar-refractivity contribution in [3.05, 3.63) is 53.1 Å². The molecule has 0 fully saturated rings. The fourth-order valence-electron chi connectivity index (χ4n) is 2.02. The Morgan fingerprint density at radius 3 is 2.32 bits per heavy atom. The molecular formula is C18H18ClNO5. The van der Waals surface area contributed by atoms with E-state index in [1.807, 2.05) is 0 Å². The molecule has 0 bridgehead atoms. The number of anilines is 1. The molecule has 0 heterocycles. The van der Waals surface area contributed by atoms with Gasteiger partial charge in [-0.25, -0.2) is 4.79 Å². The van der Waals surface area contributed by atoms with Crippen LogP contribution in [0.5, 0.6) is 11.5 Å². The van der Waals surface area contributed by atoms with E-state index >= 15 is 0 Å². The minimum Gasteiger partial charge on any atom is -0.497 e. The highest BCUT2D eigenvalue weighted by Gasteiger charge is 2.20. The van der Waals surface area contributed by atoms with Gasteiger partial charge in [0.1, 0.15) is 11.5 Å². The number of carbonyl (C=O) groups excluding carboxylic acids is 2. The van der Waals surface area contributed by atoms with Crippen molar-refractivity contribution in [3.8, 4) is 11.5 Å². The van der Waals surface area contributed by atoms with E-state index in [0.717, 1.165) is 0 Å². The standard InChI is InChI=1S/C18H18ClNO5/c1-11(25-18(22)12-4-7-14(23-2)8-5-12)17(21)20-15-10-13(19)6-9-16(15)24-3/h4-11H,1-3H3,(H,20,21)/t11-/m1/s1. The van der Waals surface area contributed by atoms with Crippen molar-refractivity contribution in [3.63, 3.8) is 0 Å². The molecule has 7 heteroatoms. The molecule has 0 aliphatic heterocycles. The van der Waals surface area contributed by atoms with Gasteiger partial charge in [0.25, 0.3) is 5.91 Å². The zero-order valence-electron chi connectivity index (χ0n) is 14.0. The summed E-state index contributed by atoms with van der Waals surface area (Å²) in [5.74, 6) is -0.0346. The third-order valence-electron chi connectivity index (χ3n) is 3.40. The van der Waals surface area contributed by atoms with E-state index in [9.17, 15) is 9.59 Å².